The molecule has 0 aromatic rings. The first-order chi connectivity index (χ1) is 13.3. The molecule has 2 aliphatic heterocycles. The second kappa shape index (κ2) is 8.31. The lowest BCUT2D eigenvalue weighted by Crippen LogP contribution is -2.42. The van der Waals surface area contributed by atoms with Gasteiger partial charge in [0.05, 0.1) is 17.5 Å². The highest BCUT2D eigenvalue weighted by molar-refractivity contribution is 6.44. The van der Waals surface area contributed by atoms with Crippen molar-refractivity contribution in [2.24, 2.45) is 15.9 Å². The topological polar surface area (TPSA) is 84.1 Å². The van der Waals surface area contributed by atoms with Crippen LogP contribution < -0.4 is 5.32 Å². The fourth-order valence-corrected chi connectivity index (χ4v) is 4.27. The van der Waals surface area contributed by atoms with Gasteiger partial charge in [-0.05, 0) is 44.1 Å². The molecular formula is C21H29N5O. The van der Waals surface area contributed by atoms with Crippen LogP contribution in [-0.2, 0) is 0 Å². The zero-order chi connectivity index (χ0) is 18.6. The molecule has 2 aliphatic carbocycles. The monoisotopic (exact) mass is 367 g/mol. The van der Waals surface area contributed by atoms with Crippen LogP contribution in [0.15, 0.2) is 45.7 Å². The lowest BCUT2D eigenvalue weighted by atomic mass is 10.0. The molecular weight excluding hydrogens is 338 g/mol. The molecule has 0 aromatic carbocycles. The first kappa shape index (κ1) is 18.3. The number of aliphatic hydroxyl groups is 1. The number of hydrogen-bond acceptors (Lipinski definition) is 6. The Morgan fingerprint density at radius 1 is 1.37 bits per heavy atom. The maximum Gasteiger partial charge on any atom is 0.0955 e. The van der Waals surface area contributed by atoms with Crippen molar-refractivity contribution in [3.8, 4) is 0 Å². The van der Waals surface area contributed by atoms with Crippen molar-refractivity contribution < 1.29 is 5.11 Å². The van der Waals surface area contributed by atoms with Gasteiger partial charge in [-0.15, -0.1) is 0 Å². The third-order valence-corrected chi connectivity index (χ3v) is 6.04. The van der Waals surface area contributed by atoms with Crippen molar-refractivity contribution in [3.05, 3.63) is 35.7 Å². The molecule has 4 aliphatic rings. The summed E-state index contributed by atoms with van der Waals surface area (Å²) in [6.07, 6.45) is 16.6. The van der Waals surface area contributed by atoms with Crippen LogP contribution in [0, 0.1) is 11.3 Å². The summed E-state index contributed by atoms with van der Waals surface area (Å²) >= 11 is 0. The molecule has 27 heavy (non-hydrogen) atoms. The number of aliphatic hydroxyl groups excluding tert-OH is 1. The first-order valence-corrected chi connectivity index (χ1v) is 10.1. The van der Waals surface area contributed by atoms with E-state index in [0.29, 0.717) is 24.6 Å². The molecule has 0 spiro atoms. The number of likely N-dealkylation sites (tertiary alicyclic amines) is 1. The molecule has 0 aromatic heterocycles. The second-order valence-electron chi connectivity index (χ2n) is 7.84. The number of nitrogens with zero attached hydrogens (tertiary/aromatic N) is 3. The van der Waals surface area contributed by atoms with Crippen LogP contribution in [0.5, 0.6) is 0 Å². The fraction of sp³-hybridized carbons (Fsp3) is 0.571. The van der Waals surface area contributed by atoms with Gasteiger partial charge >= 0.3 is 0 Å². The smallest absolute Gasteiger partial charge is 0.0955 e. The first-order valence-electron chi connectivity index (χ1n) is 10.1. The maximum absolute atomic E-state index is 9.07. The zero-order valence-corrected chi connectivity index (χ0v) is 15.7. The maximum atomic E-state index is 9.07. The highest BCUT2D eigenvalue weighted by atomic mass is 16.3. The van der Waals surface area contributed by atoms with Crippen LogP contribution >= 0.6 is 0 Å². The molecule has 1 saturated heterocycles. The second-order valence-corrected chi connectivity index (χ2v) is 7.84. The van der Waals surface area contributed by atoms with Gasteiger partial charge in [-0.3, -0.25) is 9.89 Å². The quantitative estimate of drug-likeness (QED) is 0.603. The van der Waals surface area contributed by atoms with E-state index in [1.165, 1.54) is 12.6 Å². The Kier molecular flexibility index (Phi) is 5.64. The number of hydrogen-bond donors (Lipinski definition) is 3. The summed E-state index contributed by atoms with van der Waals surface area (Å²) in [5, 5.41) is 20.3. The van der Waals surface area contributed by atoms with Gasteiger partial charge in [-0.1, -0.05) is 12.2 Å². The molecule has 0 bridgehead atoms. The van der Waals surface area contributed by atoms with E-state index in [2.05, 4.69) is 21.3 Å². The van der Waals surface area contributed by atoms with Crippen LogP contribution in [0.4, 0.5) is 0 Å². The molecule has 3 N–H and O–H groups in total. The Morgan fingerprint density at radius 2 is 2.22 bits per heavy atom. The standard InChI is InChI=1S/C21H29N5O/c22-12-16(20-14-24-18-3-1-2-4-19(18)25-20)13-23-17-5-8-26(9-6-17)21-11-15(21)7-10-27/h1-2,4,12-15,17-18,21-23,27H,3,5-11H2/b16-13+,22-12?. The molecule has 3 unspecified atom stereocenters. The minimum atomic E-state index is 0.139. The number of aliphatic imine (C=N–C) groups is 2. The molecule has 3 atom stereocenters. The van der Waals surface area contributed by atoms with Gasteiger partial charge in [0.1, 0.15) is 0 Å². The summed E-state index contributed by atoms with van der Waals surface area (Å²) in [6, 6.07) is 1.28. The Bertz CT molecular complexity index is 712. The largest absolute Gasteiger partial charge is 0.396 e. The number of fused-ring (bicyclic) bond motifs is 1. The third-order valence-electron chi connectivity index (χ3n) is 6.04. The average molecular weight is 367 g/mol. The molecule has 144 valence electrons. The number of nitrogens with one attached hydrogen (secondary N) is 2. The van der Waals surface area contributed by atoms with E-state index in [9.17, 15) is 0 Å². The normalized spacial score (nSPS) is 31.1. The Morgan fingerprint density at radius 3 is 3.00 bits per heavy atom. The predicted octanol–water partition coefficient (Wildman–Crippen LogP) is 2.08. The summed E-state index contributed by atoms with van der Waals surface area (Å²) in [7, 11) is 0. The molecule has 4 rings (SSSR count). The van der Waals surface area contributed by atoms with Crippen LogP contribution in [0.3, 0.4) is 0 Å². The van der Waals surface area contributed by atoms with Gasteiger partial charge in [0.25, 0.3) is 0 Å². The van der Waals surface area contributed by atoms with Gasteiger partial charge < -0.3 is 15.8 Å². The van der Waals surface area contributed by atoms with E-state index < -0.39 is 0 Å². The summed E-state index contributed by atoms with van der Waals surface area (Å²) in [5.41, 5.74) is 2.52. The SMILES string of the molecule is N=C/C(=C\NC1CCN(C2CC2CCO)CC1)C1=NC2=CC=CCC2N=C1. The number of allylic oxidation sites excluding steroid dienone is 3. The lowest BCUT2D eigenvalue weighted by Gasteiger charge is -2.32. The third kappa shape index (κ3) is 4.28. The minimum Gasteiger partial charge on any atom is -0.396 e. The number of rotatable bonds is 7. The van der Waals surface area contributed by atoms with Crippen LogP contribution in [0.2, 0.25) is 0 Å². The zero-order valence-electron chi connectivity index (χ0n) is 15.7. The average Bonchev–Trinajstić information content (AvgIpc) is 3.48. The molecule has 2 fully saturated rings. The van der Waals surface area contributed by atoms with Gasteiger partial charge in [-0.25, -0.2) is 4.99 Å². The molecule has 0 radical (unpaired) electrons. The van der Waals surface area contributed by atoms with E-state index in [4.69, 9.17) is 15.5 Å². The highest BCUT2D eigenvalue weighted by Gasteiger charge is 2.41. The van der Waals surface area contributed by atoms with Crippen LogP contribution in [0.1, 0.15) is 32.1 Å². The highest BCUT2D eigenvalue weighted by Crippen LogP contribution is 2.39. The Balaban J connectivity index is 1.31. The van der Waals surface area contributed by atoms with E-state index in [1.807, 2.05) is 18.4 Å². The van der Waals surface area contributed by atoms with E-state index in [0.717, 1.165) is 55.8 Å². The summed E-state index contributed by atoms with van der Waals surface area (Å²) < 4.78 is 0. The number of piperidine rings is 1. The van der Waals surface area contributed by atoms with Crippen LogP contribution in [0.25, 0.3) is 0 Å². The fourth-order valence-electron chi connectivity index (χ4n) is 4.27. The predicted molar refractivity (Wildman–Crippen MR) is 110 cm³/mol. The van der Waals surface area contributed by atoms with Gasteiger partial charge in [0.15, 0.2) is 0 Å². The van der Waals surface area contributed by atoms with Crippen molar-refractivity contribution in [1.29, 1.82) is 5.41 Å². The molecule has 6 heteroatoms. The molecule has 6 nitrogen and oxygen atoms in total. The summed E-state index contributed by atoms with van der Waals surface area (Å²) in [4.78, 5) is 11.9. The van der Waals surface area contributed by atoms with Gasteiger partial charge in [-0.2, -0.15) is 0 Å². The van der Waals surface area contributed by atoms with E-state index >= 15 is 0 Å². The van der Waals surface area contributed by atoms with E-state index in [1.54, 1.807) is 6.21 Å². The Labute approximate surface area is 161 Å². The lowest BCUT2D eigenvalue weighted by molar-refractivity contribution is 0.181. The summed E-state index contributed by atoms with van der Waals surface area (Å²) in [5.74, 6) is 0.709. The van der Waals surface area contributed by atoms with Crippen molar-refractivity contribution in [2.45, 2.75) is 50.2 Å². The van der Waals surface area contributed by atoms with Crippen molar-refractivity contribution in [1.82, 2.24) is 10.2 Å². The summed E-state index contributed by atoms with van der Waals surface area (Å²) in [6.45, 7) is 2.54. The van der Waals surface area contributed by atoms with Crippen LogP contribution in [-0.4, -0.2) is 66.0 Å². The van der Waals surface area contributed by atoms with Crippen molar-refractivity contribution in [2.75, 3.05) is 19.7 Å². The Hall–Kier alpha value is -2.05. The molecule has 0 amide bonds. The van der Waals surface area contributed by atoms with Gasteiger partial charge in [0, 0.05) is 56.0 Å². The van der Waals surface area contributed by atoms with E-state index in [-0.39, 0.29) is 6.04 Å². The minimum absolute atomic E-state index is 0.139. The molecule has 1 saturated carbocycles. The van der Waals surface area contributed by atoms with Crippen molar-refractivity contribution in [3.63, 3.8) is 0 Å². The molecule has 2 heterocycles. The van der Waals surface area contributed by atoms with Crippen molar-refractivity contribution >= 4 is 18.1 Å². The van der Waals surface area contributed by atoms with Gasteiger partial charge in [0.2, 0.25) is 0 Å².